The standard InChI is InChI=1S/C16H26BrN3/c1-12-6-7-14(15(17)9-12)16(10-18)20-8-4-5-13(11-20)19(2)3/h6-7,9,13,16H,4-5,8,10-11,18H2,1-3H3. The Kier molecular flexibility index (Phi) is 5.61. The second-order valence-electron chi connectivity index (χ2n) is 6.03. The van der Waals surface area contributed by atoms with E-state index in [0.717, 1.165) is 13.1 Å². The Morgan fingerprint density at radius 3 is 2.80 bits per heavy atom. The van der Waals surface area contributed by atoms with Gasteiger partial charge in [-0.1, -0.05) is 28.1 Å². The summed E-state index contributed by atoms with van der Waals surface area (Å²) in [5.41, 5.74) is 8.68. The van der Waals surface area contributed by atoms with Gasteiger partial charge in [0.05, 0.1) is 0 Å². The Morgan fingerprint density at radius 2 is 2.20 bits per heavy atom. The average molecular weight is 340 g/mol. The minimum atomic E-state index is 0.313. The highest BCUT2D eigenvalue weighted by atomic mass is 79.9. The van der Waals surface area contributed by atoms with Crippen LogP contribution in [0.2, 0.25) is 0 Å². The average Bonchev–Trinajstić information content (AvgIpc) is 2.42. The summed E-state index contributed by atoms with van der Waals surface area (Å²) in [5.74, 6) is 0. The van der Waals surface area contributed by atoms with Gasteiger partial charge in [0.25, 0.3) is 0 Å². The first-order chi connectivity index (χ1) is 9.52. The Hall–Kier alpha value is -0.420. The lowest BCUT2D eigenvalue weighted by molar-refractivity contribution is 0.0981. The van der Waals surface area contributed by atoms with E-state index in [4.69, 9.17) is 5.73 Å². The van der Waals surface area contributed by atoms with Gasteiger partial charge in [-0.25, -0.2) is 0 Å². The molecule has 0 aromatic heterocycles. The minimum absolute atomic E-state index is 0.313. The topological polar surface area (TPSA) is 32.5 Å². The van der Waals surface area contributed by atoms with Crippen molar-refractivity contribution in [2.75, 3.05) is 33.7 Å². The fourth-order valence-corrected chi connectivity index (χ4v) is 3.82. The number of aryl methyl sites for hydroxylation is 1. The molecular formula is C16H26BrN3. The van der Waals surface area contributed by atoms with Crippen molar-refractivity contribution < 1.29 is 0 Å². The van der Waals surface area contributed by atoms with Gasteiger partial charge in [0.15, 0.2) is 0 Å². The van der Waals surface area contributed by atoms with E-state index in [9.17, 15) is 0 Å². The second-order valence-corrected chi connectivity index (χ2v) is 6.89. The summed E-state index contributed by atoms with van der Waals surface area (Å²) in [4.78, 5) is 4.88. The Bertz CT molecular complexity index is 447. The molecule has 0 bridgehead atoms. The molecule has 0 spiro atoms. The maximum atomic E-state index is 6.09. The predicted molar refractivity (Wildman–Crippen MR) is 89.0 cm³/mol. The Labute approximate surface area is 131 Å². The van der Waals surface area contributed by atoms with Gasteiger partial charge in [-0.15, -0.1) is 0 Å². The lowest BCUT2D eigenvalue weighted by Gasteiger charge is -2.40. The highest BCUT2D eigenvalue weighted by Crippen LogP contribution is 2.30. The van der Waals surface area contributed by atoms with Gasteiger partial charge >= 0.3 is 0 Å². The number of nitrogens with zero attached hydrogens (tertiary/aromatic N) is 2. The third kappa shape index (κ3) is 3.61. The first kappa shape index (κ1) is 16.0. The number of nitrogens with two attached hydrogens (primary N) is 1. The quantitative estimate of drug-likeness (QED) is 0.915. The Balaban J connectivity index is 2.19. The molecule has 0 amide bonds. The van der Waals surface area contributed by atoms with Crippen LogP contribution in [0.3, 0.4) is 0 Å². The van der Waals surface area contributed by atoms with Gasteiger partial charge in [-0.05, 0) is 57.6 Å². The summed E-state index contributed by atoms with van der Waals surface area (Å²) in [6.07, 6.45) is 2.54. The molecule has 2 atom stereocenters. The summed E-state index contributed by atoms with van der Waals surface area (Å²) in [6, 6.07) is 7.53. The van der Waals surface area contributed by atoms with Crippen LogP contribution in [0.4, 0.5) is 0 Å². The van der Waals surface area contributed by atoms with Crippen molar-refractivity contribution >= 4 is 15.9 Å². The number of hydrogen-bond donors (Lipinski definition) is 1. The zero-order valence-corrected chi connectivity index (χ0v) is 14.4. The van der Waals surface area contributed by atoms with Gasteiger partial charge in [-0.3, -0.25) is 4.90 Å². The molecule has 20 heavy (non-hydrogen) atoms. The number of halogens is 1. The molecule has 4 heteroatoms. The lowest BCUT2D eigenvalue weighted by atomic mass is 9.98. The highest BCUT2D eigenvalue weighted by molar-refractivity contribution is 9.10. The van der Waals surface area contributed by atoms with E-state index in [2.05, 4.69) is 64.9 Å². The monoisotopic (exact) mass is 339 g/mol. The molecule has 1 fully saturated rings. The highest BCUT2D eigenvalue weighted by Gasteiger charge is 2.27. The van der Waals surface area contributed by atoms with Crippen LogP contribution in [0.25, 0.3) is 0 Å². The number of benzene rings is 1. The summed E-state index contributed by atoms with van der Waals surface area (Å²) >= 11 is 3.71. The number of likely N-dealkylation sites (tertiary alicyclic amines) is 1. The summed E-state index contributed by atoms with van der Waals surface area (Å²) in [7, 11) is 4.35. The molecule has 0 radical (unpaired) electrons. The largest absolute Gasteiger partial charge is 0.329 e. The minimum Gasteiger partial charge on any atom is -0.329 e. The second kappa shape index (κ2) is 7.03. The van der Waals surface area contributed by atoms with Crippen LogP contribution in [-0.2, 0) is 0 Å². The van der Waals surface area contributed by atoms with Crippen LogP contribution in [0.15, 0.2) is 22.7 Å². The SMILES string of the molecule is Cc1ccc(C(CN)N2CCCC(N(C)C)C2)c(Br)c1. The van der Waals surface area contributed by atoms with Crippen LogP contribution < -0.4 is 5.73 Å². The fourth-order valence-electron chi connectivity index (χ4n) is 3.06. The normalized spacial score (nSPS) is 22.2. The molecule has 1 aliphatic rings. The van der Waals surface area contributed by atoms with E-state index in [0.29, 0.717) is 18.6 Å². The van der Waals surface area contributed by atoms with Gasteiger partial charge in [0.2, 0.25) is 0 Å². The smallest absolute Gasteiger partial charge is 0.0482 e. The number of likely N-dealkylation sites (N-methyl/N-ethyl adjacent to an activating group) is 1. The van der Waals surface area contributed by atoms with Crippen LogP contribution >= 0.6 is 15.9 Å². The molecule has 2 N–H and O–H groups in total. The molecule has 0 aliphatic carbocycles. The van der Waals surface area contributed by atoms with Crippen molar-refractivity contribution in [3.05, 3.63) is 33.8 Å². The van der Waals surface area contributed by atoms with Crippen LogP contribution in [0, 0.1) is 6.92 Å². The van der Waals surface area contributed by atoms with Crippen molar-refractivity contribution in [1.82, 2.24) is 9.80 Å². The van der Waals surface area contributed by atoms with Crippen molar-refractivity contribution in [2.45, 2.75) is 31.8 Å². The number of hydrogen-bond acceptors (Lipinski definition) is 3. The maximum absolute atomic E-state index is 6.09. The fraction of sp³-hybridized carbons (Fsp3) is 0.625. The summed E-state index contributed by atoms with van der Waals surface area (Å²) < 4.78 is 1.18. The summed E-state index contributed by atoms with van der Waals surface area (Å²) in [5, 5.41) is 0. The number of rotatable bonds is 4. The van der Waals surface area contributed by atoms with Gasteiger partial charge < -0.3 is 10.6 Å². The molecule has 1 aromatic carbocycles. The maximum Gasteiger partial charge on any atom is 0.0482 e. The van der Waals surface area contributed by atoms with E-state index in [-0.39, 0.29) is 0 Å². The van der Waals surface area contributed by atoms with E-state index < -0.39 is 0 Å². The first-order valence-corrected chi connectivity index (χ1v) is 8.18. The molecule has 2 rings (SSSR count). The van der Waals surface area contributed by atoms with Gasteiger partial charge in [0.1, 0.15) is 0 Å². The van der Waals surface area contributed by atoms with Crippen LogP contribution in [0.5, 0.6) is 0 Å². The van der Waals surface area contributed by atoms with Crippen molar-refractivity contribution in [2.24, 2.45) is 5.73 Å². The predicted octanol–water partition coefficient (Wildman–Crippen LogP) is 2.78. The van der Waals surface area contributed by atoms with E-state index in [1.54, 1.807) is 0 Å². The number of piperidine rings is 1. The van der Waals surface area contributed by atoms with E-state index in [1.165, 1.54) is 28.4 Å². The molecular weight excluding hydrogens is 314 g/mol. The van der Waals surface area contributed by atoms with E-state index in [1.807, 2.05) is 0 Å². The van der Waals surface area contributed by atoms with Crippen molar-refractivity contribution in [3.63, 3.8) is 0 Å². The molecule has 1 aromatic rings. The third-order valence-electron chi connectivity index (χ3n) is 4.34. The molecule has 2 unspecified atom stereocenters. The Morgan fingerprint density at radius 1 is 1.45 bits per heavy atom. The zero-order chi connectivity index (χ0) is 14.7. The van der Waals surface area contributed by atoms with Crippen LogP contribution in [0.1, 0.15) is 30.0 Å². The molecule has 3 nitrogen and oxygen atoms in total. The summed E-state index contributed by atoms with van der Waals surface area (Å²) in [6.45, 7) is 5.04. The van der Waals surface area contributed by atoms with Gasteiger partial charge in [-0.2, -0.15) is 0 Å². The molecule has 1 saturated heterocycles. The molecule has 1 heterocycles. The molecule has 1 aliphatic heterocycles. The lowest BCUT2D eigenvalue weighted by Crippen LogP contribution is -2.47. The van der Waals surface area contributed by atoms with Crippen molar-refractivity contribution in [3.8, 4) is 0 Å². The zero-order valence-electron chi connectivity index (χ0n) is 12.8. The first-order valence-electron chi connectivity index (χ1n) is 7.39. The molecule has 112 valence electrons. The molecule has 0 saturated carbocycles. The van der Waals surface area contributed by atoms with Crippen LogP contribution in [-0.4, -0.2) is 49.6 Å². The van der Waals surface area contributed by atoms with E-state index >= 15 is 0 Å². The van der Waals surface area contributed by atoms with Gasteiger partial charge in [0, 0.05) is 29.6 Å². The third-order valence-corrected chi connectivity index (χ3v) is 5.02. The van der Waals surface area contributed by atoms with Crippen molar-refractivity contribution in [1.29, 1.82) is 0 Å².